The van der Waals surface area contributed by atoms with Crippen molar-refractivity contribution < 1.29 is 0 Å². The molecule has 0 spiro atoms. The van der Waals surface area contributed by atoms with Gasteiger partial charge in [-0.1, -0.05) is 41.8 Å². The van der Waals surface area contributed by atoms with E-state index in [0.29, 0.717) is 0 Å². The van der Waals surface area contributed by atoms with Crippen molar-refractivity contribution in [1.82, 2.24) is 10.0 Å². The first-order valence-corrected chi connectivity index (χ1v) is 9.00. The lowest BCUT2D eigenvalue weighted by atomic mass is 10.2. The highest BCUT2D eigenvalue weighted by atomic mass is 32.2. The maximum Gasteiger partial charge on any atom is 0.184 e. The van der Waals surface area contributed by atoms with Crippen molar-refractivity contribution in [3.63, 3.8) is 0 Å². The van der Waals surface area contributed by atoms with Crippen LogP contribution in [0.15, 0.2) is 39.1 Å². The van der Waals surface area contributed by atoms with Crippen molar-refractivity contribution in [1.29, 1.82) is 0 Å². The molecule has 21 heavy (non-hydrogen) atoms. The Kier molecular flexibility index (Phi) is 7.69. The van der Waals surface area contributed by atoms with Gasteiger partial charge in [0.05, 0.1) is 11.4 Å². The Hall–Kier alpha value is -1.12. The number of allylic oxidation sites excluding steroid dienone is 4. The molecule has 1 heterocycles. The molecule has 0 N–H and O–H groups in total. The van der Waals surface area contributed by atoms with Crippen LogP contribution in [0, 0.1) is 0 Å². The van der Waals surface area contributed by atoms with E-state index in [1.54, 1.807) is 28.0 Å². The normalized spacial score (nSPS) is 17.6. The first kappa shape index (κ1) is 17.9. The van der Waals surface area contributed by atoms with Gasteiger partial charge in [-0.3, -0.25) is 5.01 Å². The minimum atomic E-state index is 0.727. The first-order chi connectivity index (χ1) is 9.99. The van der Waals surface area contributed by atoms with Gasteiger partial charge in [-0.15, -0.1) is 0 Å². The van der Waals surface area contributed by atoms with Gasteiger partial charge >= 0.3 is 0 Å². The van der Waals surface area contributed by atoms with Crippen LogP contribution in [-0.2, 0) is 0 Å². The summed E-state index contributed by atoms with van der Waals surface area (Å²) in [5.41, 5.74) is 1.74. The molecule has 114 valence electrons. The molecule has 0 aromatic carbocycles. The topological polar surface area (TPSA) is 43.6 Å². The SMILES string of the molecule is CSC(=S)N(C)/N=C/C=C/C=C1\N=C(SC)N(C)N=C1C. The Morgan fingerprint density at radius 1 is 1.38 bits per heavy atom. The number of nitrogens with zero attached hydrogens (tertiary/aromatic N) is 5. The summed E-state index contributed by atoms with van der Waals surface area (Å²) >= 11 is 8.17. The van der Waals surface area contributed by atoms with Crippen molar-refractivity contribution in [3.8, 4) is 0 Å². The van der Waals surface area contributed by atoms with E-state index in [2.05, 4.69) is 15.2 Å². The third kappa shape index (κ3) is 5.64. The zero-order valence-corrected chi connectivity index (χ0v) is 15.2. The molecule has 0 aromatic rings. The molecule has 0 bridgehead atoms. The van der Waals surface area contributed by atoms with Gasteiger partial charge in [0.2, 0.25) is 0 Å². The summed E-state index contributed by atoms with van der Waals surface area (Å²) in [6.45, 7) is 1.94. The predicted octanol–water partition coefficient (Wildman–Crippen LogP) is 3.03. The number of hydrogen-bond donors (Lipinski definition) is 0. The number of rotatable bonds is 3. The monoisotopic (exact) mass is 341 g/mol. The van der Waals surface area contributed by atoms with E-state index >= 15 is 0 Å². The van der Waals surface area contributed by atoms with Crippen LogP contribution in [-0.4, -0.2) is 58.0 Å². The minimum absolute atomic E-state index is 0.727. The van der Waals surface area contributed by atoms with E-state index in [9.17, 15) is 0 Å². The number of amidine groups is 1. The van der Waals surface area contributed by atoms with Crippen LogP contribution in [0.3, 0.4) is 0 Å². The molecule has 0 amide bonds. The highest BCUT2D eigenvalue weighted by molar-refractivity contribution is 8.22. The number of thioether (sulfide) groups is 2. The third-order valence-electron chi connectivity index (χ3n) is 2.48. The molecule has 0 atom stereocenters. The van der Waals surface area contributed by atoms with Gasteiger partial charge in [-0.05, 0) is 31.6 Å². The lowest BCUT2D eigenvalue weighted by molar-refractivity contribution is 0.549. The Bertz CT molecular complexity index is 534. The molecule has 8 heteroatoms. The summed E-state index contributed by atoms with van der Waals surface area (Å²) in [7, 11) is 3.72. The Morgan fingerprint density at radius 3 is 2.71 bits per heavy atom. The maximum atomic E-state index is 5.11. The van der Waals surface area contributed by atoms with Crippen LogP contribution >= 0.6 is 35.7 Å². The molecule has 0 radical (unpaired) electrons. The maximum absolute atomic E-state index is 5.11. The fourth-order valence-corrected chi connectivity index (χ4v) is 2.28. The zero-order chi connectivity index (χ0) is 15.8. The van der Waals surface area contributed by atoms with Gasteiger partial charge in [-0.2, -0.15) is 10.2 Å². The molecule has 1 rings (SSSR count). The molecule has 0 aliphatic carbocycles. The van der Waals surface area contributed by atoms with E-state index in [0.717, 1.165) is 20.9 Å². The van der Waals surface area contributed by atoms with Gasteiger partial charge in [0, 0.05) is 20.3 Å². The molecular formula is C13H19N5S3. The van der Waals surface area contributed by atoms with Crippen molar-refractivity contribution in [2.45, 2.75) is 6.92 Å². The lowest BCUT2D eigenvalue weighted by Gasteiger charge is -2.20. The molecule has 0 saturated heterocycles. The van der Waals surface area contributed by atoms with Crippen molar-refractivity contribution in [3.05, 3.63) is 23.9 Å². The van der Waals surface area contributed by atoms with Gasteiger partial charge in [0.1, 0.15) is 0 Å². The van der Waals surface area contributed by atoms with Crippen LogP contribution in [0.25, 0.3) is 0 Å². The number of aliphatic imine (C=N–C) groups is 1. The predicted molar refractivity (Wildman–Crippen MR) is 101 cm³/mol. The quantitative estimate of drug-likeness (QED) is 0.448. The molecule has 0 aromatic heterocycles. The van der Waals surface area contributed by atoms with E-state index in [-0.39, 0.29) is 0 Å². The summed E-state index contributed by atoms with van der Waals surface area (Å²) in [6.07, 6.45) is 11.3. The molecule has 1 aliphatic heterocycles. The fraction of sp³-hybridized carbons (Fsp3) is 0.385. The molecule has 5 nitrogen and oxygen atoms in total. The summed E-state index contributed by atoms with van der Waals surface area (Å²) in [6, 6.07) is 0. The van der Waals surface area contributed by atoms with Gasteiger partial charge in [0.15, 0.2) is 9.49 Å². The molecule has 0 saturated carbocycles. The second-order valence-corrected chi connectivity index (χ2v) is 6.22. The van der Waals surface area contributed by atoms with Crippen molar-refractivity contribution in [2.75, 3.05) is 26.6 Å². The molecular weight excluding hydrogens is 322 g/mol. The Labute approximate surface area is 139 Å². The van der Waals surface area contributed by atoms with Gasteiger partial charge in [-0.25, -0.2) is 10.0 Å². The minimum Gasteiger partial charge on any atom is -0.252 e. The van der Waals surface area contributed by atoms with Crippen LogP contribution in [0.5, 0.6) is 0 Å². The molecule has 0 unspecified atom stereocenters. The largest absolute Gasteiger partial charge is 0.252 e. The lowest BCUT2D eigenvalue weighted by Crippen LogP contribution is -2.24. The molecule has 0 fully saturated rings. The molecule has 1 aliphatic rings. The highest BCUT2D eigenvalue weighted by Crippen LogP contribution is 2.15. The van der Waals surface area contributed by atoms with Crippen LogP contribution in [0.4, 0.5) is 0 Å². The number of thiocarbonyl (C=S) groups is 1. The second-order valence-electron chi connectivity index (χ2n) is 4.00. The van der Waals surface area contributed by atoms with E-state index in [1.807, 2.05) is 51.8 Å². The van der Waals surface area contributed by atoms with Gasteiger partial charge < -0.3 is 0 Å². The van der Waals surface area contributed by atoms with E-state index in [1.165, 1.54) is 11.8 Å². The first-order valence-electron chi connectivity index (χ1n) is 6.14. The van der Waals surface area contributed by atoms with Crippen LogP contribution < -0.4 is 0 Å². The second kappa shape index (κ2) is 9.01. The number of hydrogen-bond acceptors (Lipinski definition) is 7. The van der Waals surface area contributed by atoms with E-state index < -0.39 is 0 Å². The summed E-state index contributed by atoms with van der Waals surface area (Å²) < 4.78 is 0.727. The smallest absolute Gasteiger partial charge is 0.184 e. The van der Waals surface area contributed by atoms with Gasteiger partial charge in [0.25, 0.3) is 0 Å². The van der Waals surface area contributed by atoms with Crippen molar-refractivity contribution in [2.24, 2.45) is 15.2 Å². The van der Waals surface area contributed by atoms with Crippen molar-refractivity contribution >= 4 is 57.2 Å². The fourth-order valence-electron chi connectivity index (χ4n) is 1.43. The Morgan fingerprint density at radius 2 is 2.10 bits per heavy atom. The summed E-state index contributed by atoms with van der Waals surface area (Å²) in [4.78, 5) is 4.54. The summed E-state index contributed by atoms with van der Waals surface area (Å²) in [5.74, 6) is 0. The Balaban J connectivity index is 2.70. The summed E-state index contributed by atoms with van der Waals surface area (Å²) in [5, 5.41) is 12.9. The average Bonchev–Trinajstić information content (AvgIpc) is 2.47. The van der Waals surface area contributed by atoms with Crippen LogP contribution in [0.2, 0.25) is 0 Å². The standard InChI is InChI=1S/C13H19N5S3/c1-10-11(15-12(20-4)17(2)16-10)8-6-7-9-14-18(3)13(19)21-5/h6-9H,1-5H3/b7-6+,11-8-,14-9+. The highest BCUT2D eigenvalue weighted by Gasteiger charge is 2.13. The zero-order valence-electron chi connectivity index (χ0n) is 12.8. The third-order valence-corrected chi connectivity index (χ3v) is 4.57. The number of hydrazone groups is 2. The van der Waals surface area contributed by atoms with Crippen LogP contribution in [0.1, 0.15) is 6.92 Å². The van der Waals surface area contributed by atoms with E-state index in [4.69, 9.17) is 12.2 Å². The average molecular weight is 342 g/mol.